The summed E-state index contributed by atoms with van der Waals surface area (Å²) in [6.45, 7) is 7.80. The number of methoxy groups -OCH3 is 1. The number of nitrogens with zero attached hydrogens (tertiary/aromatic N) is 6. The summed E-state index contributed by atoms with van der Waals surface area (Å²) >= 11 is 0. The largest absolute Gasteiger partial charge is 0.496 e. The highest BCUT2D eigenvalue weighted by molar-refractivity contribution is 5.89. The molecule has 0 radical (unpaired) electrons. The van der Waals surface area contributed by atoms with E-state index >= 15 is 0 Å². The highest BCUT2D eigenvalue weighted by Gasteiger charge is 2.45. The number of rotatable bonds is 5. The summed E-state index contributed by atoms with van der Waals surface area (Å²) in [6, 6.07) is 8.34. The zero-order valence-electron chi connectivity index (χ0n) is 21.4. The van der Waals surface area contributed by atoms with Gasteiger partial charge in [-0.1, -0.05) is 12.1 Å². The van der Waals surface area contributed by atoms with E-state index in [0.717, 1.165) is 95.8 Å². The summed E-state index contributed by atoms with van der Waals surface area (Å²) in [7, 11) is 3.73. The van der Waals surface area contributed by atoms with Gasteiger partial charge in [-0.25, -0.2) is 19.9 Å². The normalized spacial score (nSPS) is 16.9. The third kappa shape index (κ3) is 3.99. The van der Waals surface area contributed by atoms with Crippen molar-refractivity contribution in [1.29, 1.82) is 0 Å². The summed E-state index contributed by atoms with van der Waals surface area (Å²) in [5, 5.41) is 1.03. The summed E-state index contributed by atoms with van der Waals surface area (Å²) in [5.74, 6) is 3.53. The second-order valence-corrected chi connectivity index (χ2v) is 10.2. The number of ether oxygens (including phenoxy) is 2. The molecule has 0 atom stereocenters. The first-order valence-electron chi connectivity index (χ1n) is 12.6. The molecular weight excluding hydrogens is 452 g/mol. The average Bonchev–Trinajstić information content (AvgIpc) is 3.21. The van der Waals surface area contributed by atoms with E-state index in [0.29, 0.717) is 11.8 Å². The second-order valence-electron chi connectivity index (χ2n) is 10.2. The van der Waals surface area contributed by atoms with Crippen LogP contribution < -0.4 is 9.64 Å². The third-order valence-corrected chi connectivity index (χ3v) is 7.78. The number of fused-ring (bicyclic) bond motifs is 1. The number of hydrogen-bond acceptors (Lipinski definition) is 7. The maximum Gasteiger partial charge on any atom is 0.155 e. The Morgan fingerprint density at radius 1 is 1.03 bits per heavy atom. The Morgan fingerprint density at radius 2 is 1.83 bits per heavy atom. The van der Waals surface area contributed by atoms with Crippen LogP contribution in [0.4, 0.5) is 5.82 Å². The van der Waals surface area contributed by atoms with Crippen molar-refractivity contribution >= 4 is 16.7 Å². The zero-order valence-corrected chi connectivity index (χ0v) is 21.4. The maximum atomic E-state index is 5.77. The number of imidazole rings is 1. The second kappa shape index (κ2) is 8.85. The molecule has 4 aromatic rings. The number of hydrogen-bond donors (Lipinski definition) is 0. The van der Waals surface area contributed by atoms with Gasteiger partial charge < -0.3 is 18.9 Å². The summed E-state index contributed by atoms with van der Waals surface area (Å²) in [4.78, 5) is 21.4. The van der Waals surface area contributed by atoms with Gasteiger partial charge in [-0.3, -0.25) is 0 Å². The number of aromatic nitrogens is 5. The molecule has 0 unspecified atom stereocenters. The molecule has 1 aromatic carbocycles. The molecular formula is C28H32N6O2. The predicted octanol–water partition coefficient (Wildman–Crippen LogP) is 4.26. The van der Waals surface area contributed by atoms with Crippen LogP contribution in [0.15, 0.2) is 36.7 Å². The van der Waals surface area contributed by atoms with Crippen LogP contribution in [0.1, 0.15) is 35.7 Å². The monoisotopic (exact) mass is 484 g/mol. The van der Waals surface area contributed by atoms with Crippen LogP contribution in [0.25, 0.3) is 22.2 Å². The number of aryl methyl sites for hydroxylation is 2. The fraction of sp³-hybridized carbons (Fsp3) is 0.429. The van der Waals surface area contributed by atoms with E-state index in [-0.39, 0.29) is 0 Å². The molecule has 6 rings (SSSR count). The van der Waals surface area contributed by atoms with E-state index in [1.54, 1.807) is 7.11 Å². The van der Waals surface area contributed by atoms with Crippen molar-refractivity contribution in [3.8, 4) is 17.0 Å². The van der Waals surface area contributed by atoms with E-state index in [9.17, 15) is 0 Å². The minimum absolute atomic E-state index is 0.368. The minimum atomic E-state index is 0.368. The molecule has 0 saturated carbocycles. The fourth-order valence-electron chi connectivity index (χ4n) is 5.52. The van der Waals surface area contributed by atoms with E-state index in [1.165, 1.54) is 0 Å². The van der Waals surface area contributed by atoms with Crippen molar-refractivity contribution in [2.45, 2.75) is 33.1 Å². The molecule has 0 N–H and O–H groups in total. The van der Waals surface area contributed by atoms with Gasteiger partial charge in [0, 0.05) is 73.6 Å². The van der Waals surface area contributed by atoms with E-state index in [2.05, 4.69) is 38.7 Å². The van der Waals surface area contributed by atoms with Gasteiger partial charge in [0.2, 0.25) is 0 Å². The smallest absolute Gasteiger partial charge is 0.155 e. The molecule has 5 heterocycles. The van der Waals surface area contributed by atoms with Gasteiger partial charge in [-0.2, -0.15) is 0 Å². The van der Waals surface area contributed by atoms with Crippen molar-refractivity contribution in [3.63, 3.8) is 0 Å². The summed E-state index contributed by atoms with van der Waals surface area (Å²) < 4.78 is 13.4. The summed E-state index contributed by atoms with van der Waals surface area (Å²) in [6.07, 6.45) is 6.66. The van der Waals surface area contributed by atoms with Crippen LogP contribution in [0.5, 0.6) is 5.75 Å². The Hall–Kier alpha value is -3.52. The Labute approximate surface area is 211 Å². The van der Waals surface area contributed by atoms with Crippen LogP contribution in [0, 0.1) is 19.3 Å². The molecule has 0 aliphatic carbocycles. The van der Waals surface area contributed by atoms with Gasteiger partial charge in [0.05, 0.1) is 19.0 Å². The first-order valence-corrected chi connectivity index (χ1v) is 12.6. The van der Waals surface area contributed by atoms with Gasteiger partial charge in [-0.15, -0.1) is 0 Å². The SMILES string of the molecule is COc1cc(-c2cnc(C)n2C)ccc1Cc1ncc2cc(C)nc(N3CC4(CCOCC4)C3)c2n1. The van der Waals surface area contributed by atoms with Gasteiger partial charge in [-0.05, 0) is 38.8 Å². The van der Waals surface area contributed by atoms with Crippen LogP contribution in [0.2, 0.25) is 0 Å². The molecule has 0 amide bonds. The molecule has 8 heteroatoms. The van der Waals surface area contributed by atoms with Crippen LogP contribution in [-0.4, -0.2) is 57.9 Å². The van der Waals surface area contributed by atoms with Crippen molar-refractivity contribution in [2.24, 2.45) is 12.5 Å². The van der Waals surface area contributed by atoms with Crippen molar-refractivity contribution in [3.05, 3.63) is 59.6 Å². The van der Waals surface area contributed by atoms with Crippen molar-refractivity contribution in [1.82, 2.24) is 24.5 Å². The van der Waals surface area contributed by atoms with Gasteiger partial charge in [0.25, 0.3) is 0 Å². The minimum Gasteiger partial charge on any atom is -0.496 e. The Kier molecular flexibility index (Phi) is 5.63. The third-order valence-electron chi connectivity index (χ3n) is 7.78. The molecule has 186 valence electrons. The maximum absolute atomic E-state index is 5.77. The highest BCUT2D eigenvalue weighted by Crippen LogP contribution is 2.43. The molecule has 36 heavy (non-hydrogen) atoms. The van der Waals surface area contributed by atoms with E-state index in [4.69, 9.17) is 24.4 Å². The molecule has 2 aliphatic heterocycles. The molecule has 2 saturated heterocycles. The Morgan fingerprint density at radius 3 is 2.56 bits per heavy atom. The van der Waals surface area contributed by atoms with E-state index in [1.807, 2.05) is 33.3 Å². The standard InChI is InChI=1S/C28H32N6O2/c1-18-11-22-14-30-25(32-26(22)27(31-18)34-16-28(17-34)7-9-36-10-8-28)13-21-6-5-20(12-24(21)35-4)23-15-29-19(2)33(23)3/h5-6,11-12,14-15H,7-10,13,16-17H2,1-4H3. The zero-order chi connectivity index (χ0) is 24.9. The van der Waals surface area contributed by atoms with E-state index < -0.39 is 0 Å². The lowest BCUT2D eigenvalue weighted by atomic mass is 9.73. The quantitative estimate of drug-likeness (QED) is 0.419. The lowest BCUT2D eigenvalue weighted by molar-refractivity contribution is -0.000373. The summed E-state index contributed by atoms with van der Waals surface area (Å²) in [5.41, 5.74) is 5.46. The fourth-order valence-corrected chi connectivity index (χ4v) is 5.52. The van der Waals surface area contributed by atoms with Gasteiger partial charge >= 0.3 is 0 Å². The van der Waals surface area contributed by atoms with Gasteiger partial charge in [0.1, 0.15) is 22.9 Å². The molecule has 0 bridgehead atoms. The van der Waals surface area contributed by atoms with Gasteiger partial charge in [0.15, 0.2) is 5.82 Å². The molecule has 1 spiro atoms. The van der Waals surface area contributed by atoms with Crippen LogP contribution in [0.3, 0.4) is 0 Å². The average molecular weight is 485 g/mol. The van der Waals surface area contributed by atoms with Crippen LogP contribution in [-0.2, 0) is 18.2 Å². The highest BCUT2D eigenvalue weighted by atomic mass is 16.5. The predicted molar refractivity (Wildman–Crippen MR) is 140 cm³/mol. The lowest BCUT2D eigenvalue weighted by Crippen LogP contribution is -2.59. The number of pyridine rings is 1. The number of anilines is 1. The Balaban J connectivity index is 1.30. The number of benzene rings is 1. The van der Waals surface area contributed by atoms with Crippen LogP contribution >= 0.6 is 0 Å². The Bertz CT molecular complexity index is 1430. The molecule has 8 nitrogen and oxygen atoms in total. The molecule has 2 fully saturated rings. The first kappa shape index (κ1) is 22.9. The van der Waals surface area contributed by atoms with Crippen molar-refractivity contribution in [2.75, 3.05) is 38.3 Å². The first-order chi connectivity index (χ1) is 17.4. The lowest BCUT2D eigenvalue weighted by Gasteiger charge is -2.52. The molecule has 2 aliphatic rings. The topological polar surface area (TPSA) is 78.2 Å². The molecule has 3 aromatic heterocycles. The van der Waals surface area contributed by atoms with Crippen molar-refractivity contribution < 1.29 is 9.47 Å².